The number of carbonyl (C=O) groups excluding carboxylic acids is 3. The summed E-state index contributed by atoms with van der Waals surface area (Å²) >= 11 is 0. The predicted octanol–water partition coefficient (Wildman–Crippen LogP) is 0.105. The van der Waals surface area contributed by atoms with Crippen molar-refractivity contribution in [1.82, 2.24) is 5.32 Å². The third kappa shape index (κ3) is 5.34. The summed E-state index contributed by atoms with van der Waals surface area (Å²) in [6.45, 7) is 0.888. The van der Waals surface area contributed by atoms with Gasteiger partial charge in [-0.2, -0.15) is 0 Å². The first-order chi connectivity index (χ1) is 11.2. The van der Waals surface area contributed by atoms with Crippen molar-refractivity contribution < 1.29 is 27.5 Å². The first-order valence-electron chi connectivity index (χ1n) is 7.30. The van der Waals surface area contributed by atoms with E-state index in [0.29, 0.717) is 12.1 Å². The predicted molar refractivity (Wildman–Crippen MR) is 86.2 cm³/mol. The average molecular weight is 354 g/mol. The fourth-order valence-electron chi connectivity index (χ4n) is 2.29. The van der Waals surface area contributed by atoms with Crippen LogP contribution >= 0.6 is 0 Å². The number of anilines is 1. The Labute approximate surface area is 139 Å². The molecule has 24 heavy (non-hydrogen) atoms. The van der Waals surface area contributed by atoms with Crippen LogP contribution in [0.25, 0.3) is 0 Å². The monoisotopic (exact) mass is 354 g/mol. The molecule has 9 heteroatoms. The zero-order valence-corrected chi connectivity index (χ0v) is 13.9. The maximum Gasteiger partial charge on any atom is 0.338 e. The number of rotatable bonds is 5. The number of esters is 1. The van der Waals surface area contributed by atoms with E-state index in [9.17, 15) is 22.8 Å². The fraction of sp³-hybridized carbons (Fsp3) is 0.400. The minimum Gasteiger partial charge on any atom is -0.452 e. The number of carbonyl (C=O) groups is 3. The molecule has 1 heterocycles. The van der Waals surface area contributed by atoms with Crippen molar-refractivity contribution in [2.75, 3.05) is 23.4 Å². The van der Waals surface area contributed by atoms with Gasteiger partial charge in [-0.05, 0) is 30.7 Å². The Morgan fingerprint density at radius 2 is 1.88 bits per heavy atom. The zero-order chi connectivity index (χ0) is 17.7. The van der Waals surface area contributed by atoms with Gasteiger partial charge >= 0.3 is 5.97 Å². The topological polar surface area (TPSA) is 119 Å². The molecule has 0 saturated carbocycles. The number of hydrogen-bond acceptors (Lipinski definition) is 6. The van der Waals surface area contributed by atoms with Crippen molar-refractivity contribution >= 4 is 33.3 Å². The lowest BCUT2D eigenvalue weighted by Crippen LogP contribution is -2.38. The lowest BCUT2D eigenvalue weighted by Gasteiger charge is -2.11. The Morgan fingerprint density at radius 1 is 1.21 bits per heavy atom. The van der Waals surface area contributed by atoms with Crippen LogP contribution in [-0.2, 0) is 24.2 Å². The molecule has 1 aromatic carbocycles. The second kappa shape index (κ2) is 7.43. The van der Waals surface area contributed by atoms with Crippen LogP contribution in [-0.4, -0.2) is 50.4 Å². The van der Waals surface area contributed by atoms with E-state index in [1.165, 1.54) is 19.1 Å². The highest BCUT2D eigenvalue weighted by atomic mass is 32.2. The molecule has 0 bridgehead atoms. The van der Waals surface area contributed by atoms with Crippen LogP contribution in [0.2, 0.25) is 0 Å². The third-order valence-electron chi connectivity index (χ3n) is 3.37. The van der Waals surface area contributed by atoms with Gasteiger partial charge in [-0.25, -0.2) is 13.2 Å². The number of sulfone groups is 1. The Morgan fingerprint density at radius 3 is 2.42 bits per heavy atom. The van der Waals surface area contributed by atoms with Crippen LogP contribution in [0.5, 0.6) is 0 Å². The van der Waals surface area contributed by atoms with Gasteiger partial charge in [-0.15, -0.1) is 0 Å². The van der Waals surface area contributed by atoms with Gasteiger partial charge in [-0.1, -0.05) is 0 Å². The molecule has 2 amide bonds. The van der Waals surface area contributed by atoms with Gasteiger partial charge in [0.25, 0.3) is 5.91 Å². The van der Waals surface area contributed by atoms with E-state index >= 15 is 0 Å². The van der Waals surface area contributed by atoms with Crippen LogP contribution in [0, 0.1) is 0 Å². The van der Waals surface area contributed by atoms with E-state index < -0.39 is 34.4 Å². The molecule has 2 rings (SSSR count). The summed E-state index contributed by atoms with van der Waals surface area (Å²) in [4.78, 5) is 34.4. The first-order valence-corrected chi connectivity index (χ1v) is 9.12. The molecule has 0 aromatic heterocycles. The van der Waals surface area contributed by atoms with E-state index in [-0.39, 0.29) is 23.0 Å². The molecule has 1 fully saturated rings. The second-order valence-corrected chi connectivity index (χ2v) is 7.73. The van der Waals surface area contributed by atoms with Crippen LogP contribution in [0.1, 0.15) is 23.7 Å². The van der Waals surface area contributed by atoms with Crippen molar-refractivity contribution in [2.45, 2.75) is 19.4 Å². The summed E-state index contributed by atoms with van der Waals surface area (Å²) in [5.74, 6) is -1.48. The molecule has 1 aliphatic rings. The van der Waals surface area contributed by atoms with Crippen molar-refractivity contribution in [3.63, 3.8) is 0 Å². The average Bonchev–Trinajstić information content (AvgIpc) is 2.83. The Kier molecular flexibility index (Phi) is 5.55. The van der Waals surface area contributed by atoms with E-state index in [1.807, 2.05) is 0 Å². The Bertz CT molecular complexity index is 742. The van der Waals surface area contributed by atoms with Gasteiger partial charge < -0.3 is 15.4 Å². The minimum absolute atomic E-state index is 0.0539. The summed E-state index contributed by atoms with van der Waals surface area (Å²) in [7, 11) is -3.08. The van der Waals surface area contributed by atoms with Crippen LogP contribution in [0.15, 0.2) is 24.3 Å². The van der Waals surface area contributed by atoms with E-state index in [2.05, 4.69) is 10.6 Å². The molecular weight excluding hydrogens is 336 g/mol. The fourth-order valence-corrected chi connectivity index (χ4v) is 3.96. The van der Waals surface area contributed by atoms with Gasteiger partial charge in [0.15, 0.2) is 16.4 Å². The SMILES string of the molecule is CC(=O)Nc1ccc(C(=O)OCC(=O)N[C@H]2CCS(=O)(=O)C2)cc1. The molecule has 1 aliphatic heterocycles. The second-order valence-electron chi connectivity index (χ2n) is 5.50. The van der Waals surface area contributed by atoms with Crippen LogP contribution in [0.3, 0.4) is 0 Å². The molecule has 1 aromatic rings. The molecule has 0 radical (unpaired) electrons. The normalized spacial score (nSPS) is 18.6. The van der Waals surface area contributed by atoms with E-state index in [0.717, 1.165) is 0 Å². The number of benzene rings is 1. The van der Waals surface area contributed by atoms with Crippen molar-refractivity contribution in [1.29, 1.82) is 0 Å². The maximum atomic E-state index is 11.8. The highest BCUT2D eigenvalue weighted by Gasteiger charge is 2.29. The molecule has 1 saturated heterocycles. The third-order valence-corrected chi connectivity index (χ3v) is 5.14. The summed E-state index contributed by atoms with van der Waals surface area (Å²) < 4.78 is 27.5. The molecule has 130 valence electrons. The summed E-state index contributed by atoms with van der Waals surface area (Å²) in [6.07, 6.45) is 0.368. The summed E-state index contributed by atoms with van der Waals surface area (Å²) in [5, 5.41) is 5.09. The number of ether oxygens (including phenoxy) is 1. The number of hydrogen-bond donors (Lipinski definition) is 2. The quantitative estimate of drug-likeness (QED) is 0.724. The first kappa shape index (κ1) is 17.9. The maximum absolute atomic E-state index is 11.8. The van der Waals surface area contributed by atoms with E-state index in [1.54, 1.807) is 12.1 Å². The minimum atomic E-state index is -3.08. The van der Waals surface area contributed by atoms with Crippen LogP contribution in [0.4, 0.5) is 5.69 Å². The molecule has 0 unspecified atom stereocenters. The molecule has 1 atom stereocenters. The highest BCUT2D eigenvalue weighted by molar-refractivity contribution is 7.91. The van der Waals surface area contributed by atoms with Gasteiger partial charge in [0.1, 0.15) is 0 Å². The molecule has 0 aliphatic carbocycles. The Hall–Kier alpha value is -2.42. The molecule has 2 N–H and O–H groups in total. The molecule has 8 nitrogen and oxygen atoms in total. The molecule has 0 spiro atoms. The van der Waals surface area contributed by atoms with Crippen molar-refractivity contribution in [3.05, 3.63) is 29.8 Å². The van der Waals surface area contributed by atoms with Gasteiger partial charge in [0.2, 0.25) is 5.91 Å². The Balaban J connectivity index is 1.80. The largest absolute Gasteiger partial charge is 0.452 e. The standard InChI is InChI=1S/C15H18N2O6S/c1-10(18)16-12-4-2-11(3-5-12)15(20)23-8-14(19)17-13-6-7-24(21,22)9-13/h2-5,13H,6-9H2,1H3,(H,16,18)(H,17,19)/t13-/m0/s1. The number of amides is 2. The summed E-state index contributed by atoms with van der Waals surface area (Å²) in [5.41, 5.74) is 0.777. The highest BCUT2D eigenvalue weighted by Crippen LogP contribution is 2.12. The van der Waals surface area contributed by atoms with Crippen molar-refractivity contribution in [3.8, 4) is 0 Å². The van der Waals surface area contributed by atoms with Gasteiger partial charge in [0.05, 0.1) is 17.1 Å². The molecular formula is C15H18N2O6S. The van der Waals surface area contributed by atoms with E-state index in [4.69, 9.17) is 4.74 Å². The van der Waals surface area contributed by atoms with Crippen molar-refractivity contribution in [2.24, 2.45) is 0 Å². The zero-order valence-electron chi connectivity index (χ0n) is 13.1. The lowest BCUT2D eigenvalue weighted by molar-refractivity contribution is -0.124. The summed E-state index contributed by atoms with van der Waals surface area (Å²) in [6, 6.07) is 5.59. The number of nitrogens with one attached hydrogen (secondary N) is 2. The lowest BCUT2D eigenvalue weighted by atomic mass is 10.2. The smallest absolute Gasteiger partial charge is 0.338 e. The van der Waals surface area contributed by atoms with Gasteiger partial charge in [0, 0.05) is 18.7 Å². The van der Waals surface area contributed by atoms with Crippen LogP contribution < -0.4 is 10.6 Å². The van der Waals surface area contributed by atoms with Gasteiger partial charge in [-0.3, -0.25) is 9.59 Å².